The Morgan fingerprint density at radius 3 is 2.35 bits per heavy atom. The number of hydroxylamine groups is 1. The van der Waals surface area contributed by atoms with Crippen molar-refractivity contribution in [2.75, 3.05) is 5.06 Å². The Bertz CT molecular complexity index is 928. The molecule has 2 unspecified atom stereocenters. The summed E-state index contributed by atoms with van der Waals surface area (Å²) in [5.74, 6) is 0. The lowest BCUT2D eigenvalue weighted by Crippen LogP contribution is -2.21. The minimum absolute atomic E-state index is 0.0336. The molecule has 0 amide bonds. The fourth-order valence-corrected chi connectivity index (χ4v) is 3.43. The van der Waals surface area contributed by atoms with Crippen LogP contribution in [0.15, 0.2) is 78.9 Å². The number of anilines is 1. The summed E-state index contributed by atoms with van der Waals surface area (Å²) >= 11 is 0. The van der Waals surface area contributed by atoms with E-state index in [-0.39, 0.29) is 6.04 Å². The molecular formula is C23H20N2O. The van der Waals surface area contributed by atoms with E-state index in [9.17, 15) is 5.26 Å². The van der Waals surface area contributed by atoms with Gasteiger partial charge in [0.15, 0.2) is 6.10 Å². The van der Waals surface area contributed by atoms with Gasteiger partial charge in [-0.15, -0.1) is 0 Å². The first-order valence-corrected chi connectivity index (χ1v) is 8.82. The molecule has 0 saturated carbocycles. The van der Waals surface area contributed by atoms with E-state index in [1.54, 1.807) is 0 Å². The van der Waals surface area contributed by atoms with E-state index in [1.807, 2.05) is 35.4 Å². The highest BCUT2D eigenvalue weighted by atomic mass is 16.7. The number of rotatable bonds is 3. The van der Waals surface area contributed by atoms with Gasteiger partial charge in [-0.25, -0.2) is 5.06 Å². The van der Waals surface area contributed by atoms with Crippen molar-refractivity contribution in [3.8, 4) is 17.2 Å². The van der Waals surface area contributed by atoms with Crippen molar-refractivity contribution in [2.24, 2.45) is 0 Å². The fourth-order valence-electron chi connectivity index (χ4n) is 3.43. The SMILES string of the molecule is Cc1cccc(N2OC(C#N)CC2c2ccc(-c3ccccc3)cc2)c1. The fraction of sp³-hybridized carbons (Fsp3) is 0.174. The van der Waals surface area contributed by atoms with E-state index in [2.05, 4.69) is 61.5 Å². The largest absolute Gasteiger partial charge is 0.254 e. The zero-order chi connectivity index (χ0) is 17.9. The van der Waals surface area contributed by atoms with Gasteiger partial charge in [-0.05, 0) is 41.3 Å². The van der Waals surface area contributed by atoms with Gasteiger partial charge in [0.2, 0.25) is 0 Å². The number of aryl methyl sites for hydroxylation is 1. The Labute approximate surface area is 154 Å². The Hall–Kier alpha value is -3.09. The van der Waals surface area contributed by atoms with Gasteiger partial charge >= 0.3 is 0 Å². The van der Waals surface area contributed by atoms with E-state index < -0.39 is 6.10 Å². The highest BCUT2D eigenvalue weighted by Gasteiger charge is 2.35. The summed E-state index contributed by atoms with van der Waals surface area (Å²) < 4.78 is 0. The van der Waals surface area contributed by atoms with Crippen molar-refractivity contribution in [1.82, 2.24) is 0 Å². The Balaban J connectivity index is 1.65. The first-order chi connectivity index (χ1) is 12.7. The van der Waals surface area contributed by atoms with Gasteiger partial charge in [-0.2, -0.15) is 5.26 Å². The monoisotopic (exact) mass is 340 g/mol. The lowest BCUT2D eigenvalue weighted by atomic mass is 9.98. The topological polar surface area (TPSA) is 36.3 Å². The molecule has 2 atom stereocenters. The third-order valence-electron chi connectivity index (χ3n) is 4.76. The van der Waals surface area contributed by atoms with E-state index in [0.717, 1.165) is 11.3 Å². The Morgan fingerprint density at radius 1 is 0.923 bits per heavy atom. The molecule has 4 rings (SSSR count). The summed E-state index contributed by atoms with van der Waals surface area (Å²) in [5, 5.41) is 11.2. The molecule has 3 aromatic rings. The first-order valence-electron chi connectivity index (χ1n) is 8.82. The van der Waals surface area contributed by atoms with Crippen molar-refractivity contribution in [3.63, 3.8) is 0 Å². The molecule has 0 bridgehead atoms. The molecule has 1 aliphatic heterocycles. The van der Waals surface area contributed by atoms with Gasteiger partial charge in [0.05, 0.1) is 17.8 Å². The maximum Gasteiger partial charge on any atom is 0.174 e. The van der Waals surface area contributed by atoms with Crippen molar-refractivity contribution < 1.29 is 4.84 Å². The van der Waals surface area contributed by atoms with Crippen molar-refractivity contribution in [1.29, 1.82) is 5.26 Å². The van der Waals surface area contributed by atoms with Crippen LogP contribution in [-0.4, -0.2) is 6.10 Å². The second-order valence-corrected chi connectivity index (χ2v) is 6.63. The van der Waals surface area contributed by atoms with Crippen LogP contribution in [0.5, 0.6) is 0 Å². The predicted octanol–water partition coefficient (Wildman–Crippen LogP) is 5.44. The van der Waals surface area contributed by atoms with E-state index in [0.29, 0.717) is 6.42 Å². The normalized spacial score (nSPS) is 19.3. The molecule has 128 valence electrons. The predicted molar refractivity (Wildman–Crippen MR) is 103 cm³/mol. The zero-order valence-electron chi connectivity index (χ0n) is 14.7. The van der Waals surface area contributed by atoms with Crippen LogP contribution in [0, 0.1) is 18.3 Å². The summed E-state index contributed by atoms with van der Waals surface area (Å²) in [6.45, 7) is 2.06. The molecule has 26 heavy (non-hydrogen) atoms. The molecule has 0 N–H and O–H groups in total. The maximum absolute atomic E-state index is 9.34. The molecule has 3 heteroatoms. The zero-order valence-corrected chi connectivity index (χ0v) is 14.7. The third kappa shape index (κ3) is 3.20. The average molecular weight is 340 g/mol. The third-order valence-corrected chi connectivity index (χ3v) is 4.76. The van der Waals surface area contributed by atoms with Crippen LogP contribution in [0.3, 0.4) is 0 Å². The average Bonchev–Trinajstić information content (AvgIpc) is 3.13. The van der Waals surface area contributed by atoms with Gasteiger partial charge in [0.1, 0.15) is 0 Å². The van der Waals surface area contributed by atoms with Crippen LogP contribution in [0.4, 0.5) is 5.69 Å². The number of hydrogen-bond donors (Lipinski definition) is 0. The molecule has 0 spiro atoms. The van der Waals surface area contributed by atoms with Gasteiger partial charge in [0.25, 0.3) is 0 Å². The summed E-state index contributed by atoms with van der Waals surface area (Å²) in [6.07, 6.45) is 0.240. The molecule has 3 nitrogen and oxygen atoms in total. The van der Waals surface area contributed by atoms with Crippen molar-refractivity contribution in [2.45, 2.75) is 25.5 Å². The minimum Gasteiger partial charge on any atom is -0.254 e. The van der Waals surface area contributed by atoms with Crippen LogP contribution in [-0.2, 0) is 4.84 Å². The van der Waals surface area contributed by atoms with E-state index in [4.69, 9.17) is 4.84 Å². The summed E-state index contributed by atoms with van der Waals surface area (Å²) in [7, 11) is 0. The maximum atomic E-state index is 9.34. The summed E-state index contributed by atoms with van der Waals surface area (Å²) in [6, 6.07) is 29.4. The molecule has 1 aliphatic rings. The smallest absolute Gasteiger partial charge is 0.174 e. The minimum atomic E-state index is -0.422. The second kappa shape index (κ2) is 7.03. The highest BCUT2D eigenvalue weighted by Crippen LogP contribution is 2.38. The van der Waals surface area contributed by atoms with Crippen molar-refractivity contribution >= 4 is 5.69 Å². The number of hydrogen-bond acceptors (Lipinski definition) is 3. The van der Waals surface area contributed by atoms with Crippen LogP contribution in [0.1, 0.15) is 23.6 Å². The molecule has 0 aliphatic carbocycles. The molecule has 0 aromatic heterocycles. The quantitative estimate of drug-likeness (QED) is 0.637. The Kier molecular flexibility index (Phi) is 4.43. The lowest BCUT2D eigenvalue weighted by Gasteiger charge is -2.25. The molecule has 0 radical (unpaired) electrons. The Morgan fingerprint density at radius 2 is 1.65 bits per heavy atom. The number of benzene rings is 3. The van der Waals surface area contributed by atoms with E-state index in [1.165, 1.54) is 16.7 Å². The molecule has 1 saturated heterocycles. The van der Waals surface area contributed by atoms with Crippen LogP contribution in [0.25, 0.3) is 11.1 Å². The first kappa shape index (κ1) is 16.4. The summed E-state index contributed by atoms with van der Waals surface area (Å²) in [4.78, 5) is 5.91. The van der Waals surface area contributed by atoms with Gasteiger partial charge in [-0.3, -0.25) is 4.84 Å². The molecule has 3 aromatic carbocycles. The van der Waals surface area contributed by atoms with E-state index >= 15 is 0 Å². The molecule has 1 fully saturated rings. The molecular weight excluding hydrogens is 320 g/mol. The molecule has 1 heterocycles. The van der Waals surface area contributed by atoms with Crippen LogP contribution >= 0.6 is 0 Å². The second-order valence-electron chi connectivity index (χ2n) is 6.63. The van der Waals surface area contributed by atoms with Crippen LogP contribution in [0.2, 0.25) is 0 Å². The standard InChI is InChI=1S/C23H20N2O/c1-17-6-5-9-21(14-17)25-23(15-22(16-24)26-25)20-12-10-19(11-13-20)18-7-3-2-4-8-18/h2-14,22-23H,15H2,1H3. The van der Waals surface area contributed by atoms with Crippen molar-refractivity contribution in [3.05, 3.63) is 90.0 Å². The van der Waals surface area contributed by atoms with Gasteiger partial charge in [-0.1, -0.05) is 66.7 Å². The number of nitrogens with zero attached hydrogens (tertiary/aromatic N) is 2. The van der Waals surface area contributed by atoms with Crippen LogP contribution < -0.4 is 5.06 Å². The highest BCUT2D eigenvalue weighted by molar-refractivity contribution is 5.63. The summed E-state index contributed by atoms with van der Waals surface area (Å²) in [5.41, 5.74) is 5.70. The van der Waals surface area contributed by atoms with Gasteiger partial charge < -0.3 is 0 Å². The van der Waals surface area contributed by atoms with Gasteiger partial charge in [0, 0.05) is 6.42 Å². The number of nitriles is 1. The lowest BCUT2D eigenvalue weighted by molar-refractivity contribution is 0.118.